The van der Waals surface area contributed by atoms with Crippen LogP contribution in [0.2, 0.25) is 0 Å². The minimum absolute atomic E-state index is 0.0222. The van der Waals surface area contributed by atoms with Gasteiger partial charge in [-0.05, 0) is 56.4 Å². The normalized spacial score (nSPS) is 15.3. The van der Waals surface area contributed by atoms with E-state index in [0.29, 0.717) is 42.8 Å². The largest absolute Gasteiger partial charge is 0.481 e. The summed E-state index contributed by atoms with van der Waals surface area (Å²) in [6.45, 7) is 3.55. The summed E-state index contributed by atoms with van der Waals surface area (Å²) < 4.78 is 0. The molecular formula is C31H31N3O3. The fourth-order valence-electron chi connectivity index (χ4n) is 5.12. The van der Waals surface area contributed by atoms with E-state index in [1.54, 1.807) is 0 Å². The Morgan fingerprint density at radius 3 is 2.57 bits per heavy atom. The number of carbonyl (C=O) groups excluding carboxylic acids is 1. The summed E-state index contributed by atoms with van der Waals surface area (Å²) in [5, 5.41) is 8.99. The van der Waals surface area contributed by atoms with Crippen LogP contribution < -0.4 is 0 Å². The standard InChI is InChI=1S/C31H31N3O3/c1-21-8-7-11-23(18-21)25-16-17-34(20-25)31(37)24-14-15-26-28(19-24)32-27(12-5-6-13-29(35)36)30(33-26)22-9-3-2-4-10-22/h2-4,7-11,14-15,18-19,25H,5-6,12-13,16-17,20H2,1H3,(H,35,36). The molecule has 1 saturated heterocycles. The van der Waals surface area contributed by atoms with Crippen molar-refractivity contribution in [2.45, 2.75) is 44.9 Å². The van der Waals surface area contributed by atoms with Gasteiger partial charge in [0.05, 0.1) is 22.4 Å². The first-order valence-electron chi connectivity index (χ1n) is 12.9. The number of hydrogen-bond acceptors (Lipinski definition) is 4. The van der Waals surface area contributed by atoms with Crippen LogP contribution in [0.25, 0.3) is 22.3 Å². The van der Waals surface area contributed by atoms with Crippen molar-refractivity contribution in [2.75, 3.05) is 13.1 Å². The number of fused-ring (bicyclic) bond motifs is 1. The van der Waals surface area contributed by atoms with Gasteiger partial charge in [0.25, 0.3) is 5.91 Å². The van der Waals surface area contributed by atoms with E-state index in [1.165, 1.54) is 11.1 Å². The van der Waals surface area contributed by atoms with Crippen molar-refractivity contribution in [1.29, 1.82) is 0 Å². The maximum atomic E-state index is 13.4. The van der Waals surface area contributed by atoms with Gasteiger partial charge in [-0.25, -0.2) is 9.97 Å². The highest BCUT2D eigenvalue weighted by Crippen LogP contribution is 2.30. The zero-order valence-corrected chi connectivity index (χ0v) is 21.1. The fraction of sp³-hybridized carbons (Fsp3) is 0.290. The van der Waals surface area contributed by atoms with Gasteiger partial charge >= 0.3 is 5.97 Å². The average molecular weight is 494 g/mol. The number of hydrogen-bond donors (Lipinski definition) is 1. The topological polar surface area (TPSA) is 83.4 Å². The minimum atomic E-state index is -0.789. The van der Waals surface area contributed by atoms with E-state index in [2.05, 4.69) is 31.2 Å². The Morgan fingerprint density at radius 2 is 1.78 bits per heavy atom. The number of aromatic nitrogens is 2. The number of rotatable bonds is 8. The Labute approximate surface area is 217 Å². The van der Waals surface area contributed by atoms with Gasteiger partial charge in [-0.3, -0.25) is 9.59 Å². The zero-order valence-electron chi connectivity index (χ0n) is 21.1. The van der Waals surface area contributed by atoms with E-state index in [9.17, 15) is 9.59 Å². The minimum Gasteiger partial charge on any atom is -0.481 e. The molecule has 1 atom stereocenters. The Bertz CT molecular complexity index is 1430. The molecule has 188 valence electrons. The lowest BCUT2D eigenvalue weighted by atomic mass is 9.97. The maximum absolute atomic E-state index is 13.4. The van der Waals surface area contributed by atoms with E-state index in [0.717, 1.165) is 35.4 Å². The van der Waals surface area contributed by atoms with Crippen LogP contribution in [-0.4, -0.2) is 44.9 Å². The summed E-state index contributed by atoms with van der Waals surface area (Å²) in [7, 11) is 0. The van der Waals surface area contributed by atoms with Crippen molar-refractivity contribution in [2.24, 2.45) is 0 Å². The number of nitrogens with zero attached hydrogens (tertiary/aromatic N) is 3. The molecule has 0 aliphatic carbocycles. The van der Waals surface area contributed by atoms with Gasteiger partial charge in [-0.1, -0.05) is 60.2 Å². The van der Waals surface area contributed by atoms with Gasteiger partial charge in [0.1, 0.15) is 0 Å². The molecule has 1 unspecified atom stereocenters. The molecule has 0 radical (unpaired) electrons. The number of likely N-dealkylation sites (tertiary alicyclic amines) is 1. The van der Waals surface area contributed by atoms with Crippen molar-refractivity contribution in [3.63, 3.8) is 0 Å². The number of carboxylic acid groups (broad SMARTS) is 1. The number of unbranched alkanes of at least 4 members (excludes halogenated alkanes) is 1. The Morgan fingerprint density at radius 1 is 0.946 bits per heavy atom. The third-order valence-electron chi connectivity index (χ3n) is 7.07. The quantitative estimate of drug-likeness (QED) is 0.303. The molecule has 0 spiro atoms. The molecule has 4 aromatic rings. The van der Waals surface area contributed by atoms with Crippen molar-refractivity contribution in [3.05, 3.63) is 95.2 Å². The number of aliphatic carboxylic acids is 1. The molecule has 3 aromatic carbocycles. The smallest absolute Gasteiger partial charge is 0.303 e. The second-order valence-electron chi connectivity index (χ2n) is 9.84. The number of benzene rings is 3. The molecule has 1 fully saturated rings. The lowest BCUT2D eigenvalue weighted by Crippen LogP contribution is -2.28. The third-order valence-corrected chi connectivity index (χ3v) is 7.07. The molecule has 0 bridgehead atoms. The molecule has 0 saturated carbocycles. The predicted molar refractivity (Wildman–Crippen MR) is 145 cm³/mol. The first kappa shape index (κ1) is 24.6. The number of aryl methyl sites for hydroxylation is 2. The van der Waals surface area contributed by atoms with Gasteiger partial charge in [0.2, 0.25) is 0 Å². The fourth-order valence-corrected chi connectivity index (χ4v) is 5.12. The molecule has 6 heteroatoms. The van der Waals surface area contributed by atoms with E-state index < -0.39 is 5.97 Å². The number of amides is 1. The number of carboxylic acids is 1. The number of carbonyl (C=O) groups is 2. The van der Waals surface area contributed by atoms with Crippen LogP contribution >= 0.6 is 0 Å². The maximum Gasteiger partial charge on any atom is 0.303 e. The van der Waals surface area contributed by atoms with Crippen LogP contribution in [-0.2, 0) is 11.2 Å². The van der Waals surface area contributed by atoms with Crippen LogP contribution in [0.5, 0.6) is 0 Å². The summed E-state index contributed by atoms with van der Waals surface area (Å²) in [6, 6.07) is 24.0. The van der Waals surface area contributed by atoms with Crippen molar-refractivity contribution in [1.82, 2.24) is 14.9 Å². The van der Waals surface area contributed by atoms with Gasteiger partial charge in [-0.2, -0.15) is 0 Å². The van der Waals surface area contributed by atoms with Crippen molar-refractivity contribution < 1.29 is 14.7 Å². The summed E-state index contributed by atoms with van der Waals surface area (Å²) in [5.41, 5.74) is 7.19. The van der Waals surface area contributed by atoms with Crippen LogP contribution in [0.4, 0.5) is 0 Å². The van der Waals surface area contributed by atoms with Crippen LogP contribution in [0.3, 0.4) is 0 Å². The van der Waals surface area contributed by atoms with Crippen molar-refractivity contribution in [3.8, 4) is 11.3 Å². The summed E-state index contributed by atoms with van der Waals surface area (Å²) >= 11 is 0. The molecule has 1 amide bonds. The molecule has 1 aliphatic heterocycles. The molecule has 1 aromatic heterocycles. The Hall–Kier alpha value is -4.06. The van der Waals surface area contributed by atoms with E-state index >= 15 is 0 Å². The second-order valence-corrected chi connectivity index (χ2v) is 9.84. The summed E-state index contributed by atoms with van der Waals surface area (Å²) in [6.07, 6.45) is 3.02. The van der Waals surface area contributed by atoms with E-state index in [4.69, 9.17) is 15.1 Å². The van der Waals surface area contributed by atoms with E-state index in [1.807, 2.05) is 53.4 Å². The van der Waals surface area contributed by atoms with Gasteiger partial charge in [-0.15, -0.1) is 0 Å². The molecular weight excluding hydrogens is 462 g/mol. The molecule has 2 heterocycles. The molecule has 1 N–H and O–H groups in total. The van der Waals surface area contributed by atoms with Crippen LogP contribution in [0.1, 0.15) is 58.8 Å². The average Bonchev–Trinajstić information content (AvgIpc) is 3.41. The predicted octanol–water partition coefficient (Wildman–Crippen LogP) is 6.03. The lowest BCUT2D eigenvalue weighted by Gasteiger charge is -2.17. The SMILES string of the molecule is Cc1cccc(C2CCN(C(=O)c3ccc4nc(-c5ccccc5)c(CCCCC(=O)O)nc4c3)C2)c1. The second kappa shape index (κ2) is 10.9. The van der Waals surface area contributed by atoms with Crippen LogP contribution in [0, 0.1) is 6.92 Å². The summed E-state index contributed by atoms with van der Waals surface area (Å²) in [4.78, 5) is 36.1. The summed E-state index contributed by atoms with van der Waals surface area (Å²) in [5.74, 6) is -0.411. The first-order chi connectivity index (χ1) is 18.0. The van der Waals surface area contributed by atoms with Crippen LogP contribution in [0.15, 0.2) is 72.8 Å². The Balaban J connectivity index is 1.40. The van der Waals surface area contributed by atoms with Gasteiger partial charge < -0.3 is 10.0 Å². The molecule has 5 rings (SSSR count). The highest BCUT2D eigenvalue weighted by Gasteiger charge is 2.28. The third kappa shape index (κ3) is 5.69. The van der Waals surface area contributed by atoms with E-state index in [-0.39, 0.29) is 12.3 Å². The van der Waals surface area contributed by atoms with Gasteiger partial charge in [0, 0.05) is 36.6 Å². The molecule has 1 aliphatic rings. The highest BCUT2D eigenvalue weighted by atomic mass is 16.4. The lowest BCUT2D eigenvalue weighted by molar-refractivity contribution is -0.137. The van der Waals surface area contributed by atoms with Gasteiger partial charge in [0.15, 0.2) is 0 Å². The molecule has 6 nitrogen and oxygen atoms in total. The monoisotopic (exact) mass is 493 g/mol. The molecule has 37 heavy (non-hydrogen) atoms. The zero-order chi connectivity index (χ0) is 25.8. The Kier molecular flexibility index (Phi) is 7.26. The highest BCUT2D eigenvalue weighted by molar-refractivity contribution is 5.97. The first-order valence-corrected chi connectivity index (χ1v) is 12.9. The van der Waals surface area contributed by atoms with Crippen molar-refractivity contribution >= 4 is 22.9 Å².